The van der Waals surface area contributed by atoms with Crippen LogP contribution in [0.3, 0.4) is 0 Å². The first-order valence-electron chi connectivity index (χ1n) is 9.11. The summed E-state index contributed by atoms with van der Waals surface area (Å²) in [6, 6.07) is 3.50. The standard InChI is InChI=1S/C19H27ClN2O5S/c1-4-27-17-14-15(13-16(20)19(17)26-2)5-6-18(23)22-9-7-21(8-10-22)11-12-28(3,24)25/h5-6,13-14H,4,7-12H2,1-3H3/b6-5+. The Labute approximate surface area is 171 Å². The summed E-state index contributed by atoms with van der Waals surface area (Å²) in [6.45, 7) is 5.31. The number of hydrogen-bond donors (Lipinski definition) is 0. The third-order valence-corrected chi connectivity index (χ3v) is 5.62. The fraction of sp³-hybridized carbons (Fsp3) is 0.526. The Morgan fingerprint density at radius 3 is 2.50 bits per heavy atom. The zero-order valence-corrected chi connectivity index (χ0v) is 18.1. The fourth-order valence-corrected chi connectivity index (χ4v) is 3.79. The van der Waals surface area contributed by atoms with Crippen molar-refractivity contribution in [1.82, 2.24) is 9.80 Å². The van der Waals surface area contributed by atoms with Gasteiger partial charge in [-0.05, 0) is 30.7 Å². The zero-order valence-electron chi connectivity index (χ0n) is 16.5. The van der Waals surface area contributed by atoms with E-state index < -0.39 is 9.84 Å². The highest BCUT2D eigenvalue weighted by molar-refractivity contribution is 7.90. The summed E-state index contributed by atoms with van der Waals surface area (Å²) in [6.07, 6.45) is 4.45. The van der Waals surface area contributed by atoms with E-state index in [-0.39, 0.29) is 11.7 Å². The average Bonchev–Trinajstić information content (AvgIpc) is 2.64. The summed E-state index contributed by atoms with van der Waals surface area (Å²) < 4.78 is 33.3. The molecule has 1 fully saturated rings. The van der Waals surface area contributed by atoms with E-state index in [1.54, 1.807) is 23.1 Å². The predicted molar refractivity (Wildman–Crippen MR) is 111 cm³/mol. The summed E-state index contributed by atoms with van der Waals surface area (Å²) in [5, 5.41) is 0.417. The number of carbonyl (C=O) groups excluding carboxylic acids is 1. The number of methoxy groups -OCH3 is 1. The number of rotatable bonds is 8. The molecule has 0 N–H and O–H groups in total. The molecule has 0 unspecified atom stereocenters. The molecule has 1 aliphatic heterocycles. The first-order chi connectivity index (χ1) is 13.2. The van der Waals surface area contributed by atoms with Gasteiger partial charge >= 0.3 is 0 Å². The van der Waals surface area contributed by atoms with E-state index in [2.05, 4.69) is 4.90 Å². The SMILES string of the molecule is CCOc1cc(/C=C/C(=O)N2CCN(CCS(C)(=O)=O)CC2)cc(Cl)c1OC. The van der Waals surface area contributed by atoms with Crippen molar-refractivity contribution >= 4 is 33.4 Å². The van der Waals surface area contributed by atoms with Crippen LogP contribution in [-0.2, 0) is 14.6 Å². The zero-order chi connectivity index (χ0) is 20.7. The van der Waals surface area contributed by atoms with Crippen LogP contribution in [0.4, 0.5) is 0 Å². The maximum absolute atomic E-state index is 12.4. The highest BCUT2D eigenvalue weighted by atomic mass is 35.5. The summed E-state index contributed by atoms with van der Waals surface area (Å²) in [5.74, 6) is 1.05. The Bertz CT molecular complexity index is 818. The van der Waals surface area contributed by atoms with Crippen molar-refractivity contribution in [3.05, 3.63) is 28.8 Å². The Hall–Kier alpha value is -1.77. The average molecular weight is 431 g/mol. The van der Waals surface area contributed by atoms with Crippen molar-refractivity contribution < 1.29 is 22.7 Å². The van der Waals surface area contributed by atoms with Gasteiger partial charge in [0.15, 0.2) is 11.5 Å². The quantitative estimate of drug-likeness (QED) is 0.587. The van der Waals surface area contributed by atoms with E-state index in [1.165, 1.54) is 19.4 Å². The van der Waals surface area contributed by atoms with Crippen molar-refractivity contribution in [1.29, 1.82) is 0 Å². The van der Waals surface area contributed by atoms with Crippen LogP contribution in [0.5, 0.6) is 11.5 Å². The molecule has 1 aromatic rings. The first kappa shape index (κ1) is 22.5. The van der Waals surface area contributed by atoms with E-state index in [0.717, 1.165) is 5.56 Å². The monoisotopic (exact) mass is 430 g/mol. The van der Waals surface area contributed by atoms with Gasteiger partial charge in [-0.25, -0.2) is 8.42 Å². The second-order valence-electron chi connectivity index (χ2n) is 6.60. The number of nitrogens with zero attached hydrogens (tertiary/aromatic N) is 2. The Balaban J connectivity index is 1.95. The van der Waals surface area contributed by atoms with Crippen molar-refractivity contribution in [2.75, 3.05) is 58.4 Å². The lowest BCUT2D eigenvalue weighted by Crippen LogP contribution is -2.49. The van der Waals surface area contributed by atoms with Crippen molar-refractivity contribution in [2.24, 2.45) is 0 Å². The lowest BCUT2D eigenvalue weighted by atomic mass is 10.1. The van der Waals surface area contributed by atoms with Crippen molar-refractivity contribution in [3.8, 4) is 11.5 Å². The van der Waals surface area contributed by atoms with Gasteiger partial charge in [0.05, 0.1) is 24.5 Å². The molecular weight excluding hydrogens is 404 g/mol. The molecule has 1 aromatic carbocycles. The van der Waals surface area contributed by atoms with Crippen LogP contribution >= 0.6 is 11.6 Å². The summed E-state index contributed by atoms with van der Waals surface area (Å²) in [7, 11) is -1.45. The van der Waals surface area contributed by atoms with E-state index in [9.17, 15) is 13.2 Å². The molecule has 9 heteroatoms. The Morgan fingerprint density at radius 1 is 1.25 bits per heavy atom. The lowest BCUT2D eigenvalue weighted by Gasteiger charge is -2.34. The van der Waals surface area contributed by atoms with Crippen LogP contribution in [0.15, 0.2) is 18.2 Å². The van der Waals surface area contributed by atoms with Gasteiger partial charge in [-0.15, -0.1) is 0 Å². The molecule has 0 aromatic heterocycles. The normalized spacial score (nSPS) is 15.8. The van der Waals surface area contributed by atoms with E-state index in [0.29, 0.717) is 55.9 Å². The molecule has 156 valence electrons. The molecule has 0 atom stereocenters. The molecule has 0 spiro atoms. The number of ether oxygens (including phenoxy) is 2. The van der Waals surface area contributed by atoms with Crippen molar-refractivity contribution in [2.45, 2.75) is 6.92 Å². The number of piperazine rings is 1. The van der Waals surface area contributed by atoms with Gasteiger partial charge in [0.25, 0.3) is 0 Å². The Morgan fingerprint density at radius 2 is 1.93 bits per heavy atom. The summed E-state index contributed by atoms with van der Waals surface area (Å²) in [5.41, 5.74) is 0.745. The largest absolute Gasteiger partial charge is 0.491 e. The topological polar surface area (TPSA) is 76.2 Å². The highest BCUT2D eigenvalue weighted by Crippen LogP contribution is 2.36. The molecular formula is C19H27ClN2O5S. The molecule has 28 heavy (non-hydrogen) atoms. The lowest BCUT2D eigenvalue weighted by molar-refractivity contribution is -0.127. The van der Waals surface area contributed by atoms with Gasteiger partial charge in [0.1, 0.15) is 9.84 Å². The van der Waals surface area contributed by atoms with Crippen LogP contribution in [0.1, 0.15) is 12.5 Å². The first-order valence-corrected chi connectivity index (χ1v) is 11.5. The van der Waals surface area contributed by atoms with Gasteiger partial charge in [0, 0.05) is 45.1 Å². The van der Waals surface area contributed by atoms with E-state index >= 15 is 0 Å². The highest BCUT2D eigenvalue weighted by Gasteiger charge is 2.20. The number of amides is 1. The van der Waals surface area contributed by atoms with E-state index in [1.807, 2.05) is 6.92 Å². The van der Waals surface area contributed by atoms with Gasteiger partial charge in [-0.2, -0.15) is 0 Å². The van der Waals surface area contributed by atoms with Crippen LogP contribution in [0.2, 0.25) is 5.02 Å². The molecule has 0 radical (unpaired) electrons. The Kier molecular flexibility index (Phi) is 8.15. The third-order valence-electron chi connectivity index (χ3n) is 4.42. The molecule has 1 saturated heterocycles. The molecule has 1 amide bonds. The van der Waals surface area contributed by atoms with Crippen LogP contribution in [0, 0.1) is 0 Å². The molecule has 7 nitrogen and oxygen atoms in total. The van der Waals surface area contributed by atoms with Gasteiger partial charge in [0.2, 0.25) is 5.91 Å². The maximum atomic E-state index is 12.4. The molecule has 0 bridgehead atoms. The smallest absolute Gasteiger partial charge is 0.246 e. The maximum Gasteiger partial charge on any atom is 0.246 e. The van der Waals surface area contributed by atoms with Gasteiger partial charge in [-0.1, -0.05) is 11.6 Å². The second-order valence-corrected chi connectivity index (χ2v) is 9.26. The molecule has 1 aliphatic rings. The number of hydrogen-bond acceptors (Lipinski definition) is 6. The summed E-state index contributed by atoms with van der Waals surface area (Å²) >= 11 is 6.23. The molecule has 0 aliphatic carbocycles. The predicted octanol–water partition coefficient (Wildman–Crippen LogP) is 1.95. The third kappa shape index (κ3) is 6.68. The fourth-order valence-electron chi connectivity index (χ4n) is 2.90. The minimum absolute atomic E-state index is 0.0901. The van der Waals surface area contributed by atoms with E-state index in [4.69, 9.17) is 21.1 Å². The number of carbonyl (C=O) groups is 1. The van der Waals surface area contributed by atoms with Crippen LogP contribution in [0.25, 0.3) is 6.08 Å². The van der Waals surface area contributed by atoms with Gasteiger partial charge in [-0.3, -0.25) is 9.69 Å². The van der Waals surface area contributed by atoms with Gasteiger partial charge < -0.3 is 14.4 Å². The minimum atomic E-state index is -2.97. The number of benzene rings is 1. The van der Waals surface area contributed by atoms with Crippen molar-refractivity contribution in [3.63, 3.8) is 0 Å². The molecule has 0 saturated carbocycles. The minimum Gasteiger partial charge on any atom is -0.491 e. The number of halogens is 1. The van der Waals surface area contributed by atoms with Crippen LogP contribution in [-0.4, -0.2) is 82.6 Å². The van der Waals surface area contributed by atoms with Crippen LogP contribution < -0.4 is 9.47 Å². The molecule has 1 heterocycles. The number of sulfone groups is 1. The second kappa shape index (κ2) is 10.1. The molecule has 2 rings (SSSR count). The summed E-state index contributed by atoms with van der Waals surface area (Å²) in [4.78, 5) is 16.3.